The van der Waals surface area contributed by atoms with Crippen molar-refractivity contribution in [3.63, 3.8) is 0 Å². The highest BCUT2D eigenvalue weighted by Gasteiger charge is 2.05. The molecule has 2 rings (SSSR count). The van der Waals surface area contributed by atoms with Crippen LogP contribution in [0.1, 0.15) is 29.5 Å². The summed E-state index contributed by atoms with van der Waals surface area (Å²) in [7, 11) is 1.96. The Labute approximate surface area is 126 Å². The van der Waals surface area contributed by atoms with Gasteiger partial charge >= 0.3 is 0 Å². The predicted molar refractivity (Wildman–Crippen MR) is 84.3 cm³/mol. The number of aryl methyl sites for hydroxylation is 1. The highest BCUT2D eigenvalue weighted by atomic mass is 19.1. The molecule has 0 saturated carbocycles. The molecule has 21 heavy (non-hydrogen) atoms. The van der Waals surface area contributed by atoms with Gasteiger partial charge in [-0.1, -0.05) is 37.3 Å². The minimum atomic E-state index is -0.233. The van der Waals surface area contributed by atoms with E-state index in [0.717, 1.165) is 12.1 Å². The molecular weight excluding hydrogens is 265 g/mol. The van der Waals surface area contributed by atoms with Crippen molar-refractivity contribution >= 4 is 0 Å². The number of likely N-dealkylation sites (N-methyl/N-ethyl adjacent to an activating group) is 1. The largest absolute Gasteiger partial charge is 0.489 e. The number of ether oxygens (including phenoxy) is 1. The summed E-state index contributed by atoms with van der Waals surface area (Å²) in [5, 5.41) is 3.18. The first-order chi connectivity index (χ1) is 10.1. The molecule has 0 bridgehead atoms. The Morgan fingerprint density at radius 2 is 1.86 bits per heavy atom. The van der Waals surface area contributed by atoms with E-state index < -0.39 is 0 Å². The first kappa shape index (κ1) is 15.5. The lowest BCUT2D eigenvalue weighted by atomic mass is 10.00. The van der Waals surface area contributed by atoms with Crippen LogP contribution in [0.2, 0.25) is 0 Å². The van der Waals surface area contributed by atoms with Crippen LogP contribution in [0.4, 0.5) is 4.39 Å². The van der Waals surface area contributed by atoms with Crippen LogP contribution in [-0.2, 0) is 6.61 Å². The average Bonchev–Trinajstić information content (AvgIpc) is 2.49. The molecule has 0 amide bonds. The van der Waals surface area contributed by atoms with E-state index in [4.69, 9.17) is 4.74 Å². The van der Waals surface area contributed by atoms with Gasteiger partial charge in [0.15, 0.2) is 0 Å². The van der Waals surface area contributed by atoms with Crippen molar-refractivity contribution in [1.29, 1.82) is 0 Å². The Balaban J connectivity index is 1.95. The van der Waals surface area contributed by atoms with E-state index in [1.165, 1.54) is 11.6 Å². The van der Waals surface area contributed by atoms with Crippen LogP contribution < -0.4 is 10.1 Å². The molecule has 0 aliphatic rings. The quantitative estimate of drug-likeness (QED) is 0.866. The van der Waals surface area contributed by atoms with Gasteiger partial charge in [0.1, 0.15) is 18.2 Å². The van der Waals surface area contributed by atoms with E-state index in [-0.39, 0.29) is 5.82 Å². The van der Waals surface area contributed by atoms with Crippen LogP contribution in [-0.4, -0.2) is 13.6 Å². The summed E-state index contributed by atoms with van der Waals surface area (Å²) in [6, 6.07) is 13.3. The van der Waals surface area contributed by atoms with E-state index >= 15 is 0 Å². The van der Waals surface area contributed by atoms with Crippen molar-refractivity contribution in [3.8, 4) is 5.75 Å². The molecule has 0 aromatic heterocycles. The van der Waals surface area contributed by atoms with E-state index in [1.807, 2.05) is 7.05 Å². The zero-order valence-corrected chi connectivity index (χ0v) is 12.8. The highest BCUT2D eigenvalue weighted by Crippen LogP contribution is 2.19. The minimum absolute atomic E-state index is 0.233. The number of hydrogen-bond acceptors (Lipinski definition) is 2. The van der Waals surface area contributed by atoms with Gasteiger partial charge < -0.3 is 10.1 Å². The van der Waals surface area contributed by atoms with Gasteiger partial charge in [-0.25, -0.2) is 4.39 Å². The molecule has 0 aliphatic heterocycles. The predicted octanol–water partition coefficient (Wildman–Crippen LogP) is 4.04. The Morgan fingerprint density at radius 3 is 2.48 bits per heavy atom. The number of rotatable bonds is 6. The molecule has 2 aromatic carbocycles. The maximum absolute atomic E-state index is 13.4. The zero-order chi connectivity index (χ0) is 15.2. The van der Waals surface area contributed by atoms with Gasteiger partial charge in [0.25, 0.3) is 0 Å². The van der Waals surface area contributed by atoms with Crippen LogP contribution >= 0.6 is 0 Å². The Kier molecular flexibility index (Phi) is 5.34. The maximum atomic E-state index is 13.4. The molecule has 0 spiro atoms. The van der Waals surface area contributed by atoms with Crippen LogP contribution in [0.25, 0.3) is 0 Å². The third kappa shape index (κ3) is 4.30. The summed E-state index contributed by atoms with van der Waals surface area (Å²) in [5.41, 5.74) is 3.01. The molecule has 0 radical (unpaired) electrons. The third-order valence-electron chi connectivity index (χ3n) is 3.61. The summed E-state index contributed by atoms with van der Waals surface area (Å²) >= 11 is 0. The second-order valence-corrected chi connectivity index (χ2v) is 5.40. The van der Waals surface area contributed by atoms with Gasteiger partial charge in [-0.3, -0.25) is 0 Å². The SMILES string of the molecule is CNCC(C)c1ccc(COc2ccc(C)c(F)c2)cc1. The Hall–Kier alpha value is -1.87. The first-order valence-electron chi connectivity index (χ1n) is 7.22. The first-order valence-corrected chi connectivity index (χ1v) is 7.22. The molecule has 0 aliphatic carbocycles. The summed E-state index contributed by atoms with van der Waals surface area (Å²) in [6.07, 6.45) is 0. The topological polar surface area (TPSA) is 21.3 Å². The molecule has 1 N–H and O–H groups in total. The number of benzene rings is 2. The fourth-order valence-corrected chi connectivity index (χ4v) is 2.20. The molecule has 0 fully saturated rings. The van der Waals surface area contributed by atoms with Crippen molar-refractivity contribution in [2.45, 2.75) is 26.4 Å². The van der Waals surface area contributed by atoms with Crippen LogP contribution in [0, 0.1) is 12.7 Å². The average molecular weight is 287 g/mol. The lowest BCUT2D eigenvalue weighted by molar-refractivity contribution is 0.304. The summed E-state index contributed by atoms with van der Waals surface area (Å²) in [4.78, 5) is 0. The molecule has 1 atom stereocenters. The Morgan fingerprint density at radius 1 is 1.14 bits per heavy atom. The van der Waals surface area contributed by atoms with Crippen molar-refractivity contribution in [3.05, 3.63) is 65.0 Å². The molecule has 0 saturated heterocycles. The normalized spacial score (nSPS) is 12.2. The van der Waals surface area contributed by atoms with Gasteiger partial charge in [0.2, 0.25) is 0 Å². The van der Waals surface area contributed by atoms with Gasteiger partial charge in [-0.2, -0.15) is 0 Å². The third-order valence-corrected chi connectivity index (χ3v) is 3.61. The molecule has 2 aromatic rings. The second-order valence-electron chi connectivity index (χ2n) is 5.40. The monoisotopic (exact) mass is 287 g/mol. The second kappa shape index (κ2) is 7.23. The van der Waals surface area contributed by atoms with E-state index in [0.29, 0.717) is 23.8 Å². The van der Waals surface area contributed by atoms with Gasteiger partial charge in [0, 0.05) is 12.6 Å². The molecule has 2 nitrogen and oxygen atoms in total. The van der Waals surface area contributed by atoms with Crippen LogP contribution in [0.15, 0.2) is 42.5 Å². The fraction of sp³-hybridized carbons (Fsp3) is 0.333. The lowest BCUT2D eigenvalue weighted by Crippen LogP contribution is -2.14. The number of hydrogen-bond donors (Lipinski definition) is 1. The number of halogens is 1. The van der Waals surface area contributed by atoms with Crippen molar-refractivity contribution in [2.75, 3.05) is 13.6 Å². The highest BCUT2D eigenvalue weighted by molar-refractivity contribution is 5.29. The summed E-state index contributed by atoms with van der Waals surface area (Å²) < 4.78 is 19.1. The zero-order valence-electron chi connectivity index (χ0n) is 12.8. The van der Waals surface area contributed by atoms with E-state index in [1.54, 1.807) is 19.1 Å². The van der Waals surface area contributed by atoms with Crippen LogP contribution in [0.3, 0.4) is 0 Å². The summed E-state index contributed by atoms with van der Waals surface area (Å²) in [6.45, 7) is 5.34. The molecule has 1 unspecified atom stereocenters. The summed E-state index contributed by atoms with van der Waals surface area (Å²) in [5.74, 6) is 0.811. The Bertz CT molecular complexity index is 580. The van der Waals surface area contributed by atoms with Crippen molar-refractivity contribution < 1.29 is 9.13 Å². The molecular formula is C18H22FNO. The van der Waals surface area contributed by atoms with Crippen LogP contribution in [0.5, 0.6) is 5.75 Å². The molecule has 3 heteroatoms. The van der Waals surface area contributed by atoms with Gasteiger partial charge in [-0.05, 0) is 42.6 Å². The standard InChI is InChI=1S/C18H22FNO/c1-13-4-9-17(10-18(13)19)21-12-15-5-7-16(8-6-15)14(2)11-20-3/h4-10,14,20H,11-12H2,1-3H3. The maximum Gasteiger partial charge on any atom is 0.129 e. The minimum Gasteiger partial charge on any atom is -0.489 e. The molecule has 112 valence electrons. The van der Waals surface area contributed by atoms with Gasteiger partial charge in [0.05, 0.1) is 0 Å². The van der Waals surface area contributed by atoms with Crippen molar-refractivity contribution in [2.24, 2.45) is 0 Å². The fourth-order valence-electron chi connectivity index (χ4n) is 2.20. The van der Waals surface area contributed by atoms with E-state index in [2.05, 4.69) is 36.5 Å². The number of nitrogens with one attached hydrogen (secondary N) is 1. The van der Waals surface area contributed by atoms with Gasteiger partial charge in [-0.15, -0.1) is 0 Å². The van der Waals surface area contributed by atoms with E-state index in [9.17, 15) is 4.39 Å². The smallest absolute Gasteiger partial charge is 0.129 e. The van der Waals surface area contributed by atoms with Crippen molar-refractivity contribution in [1.82, 2.24) is 5.32 Å². The lowest BCUT2D eigenvalue weighted by Gasteiger charge is -2.12. The molecule has 0 heterocycles.